The summed E-state index contributed by atoms with van der Waals surface area (Å²) < 4.78 is 0. The lowest BCUT2D eigenvalue weighted by atomic mass is 9.94. The van der Waals surface area contributed by atoms with Gasteiger partial charge in [0.25, 0.3) is 11.6 Å². The summed E-state index contributed by atoms with van der Waals surface area (Å²) in [5, 5.41) is 17.7. The topological polar surface area (TPSA) is 87.5 Å². The second-order valence-electron chi connectivity index (χ2n) is 9.59. The van der Waals surface area contributed by atoms with Gasteiger partial charge in [-0.05, 0) is 49.2 Å². The van der Waals surface area contributed by atoms with Crippen molar-refractivity contribution in [2.75, 3.05) is 17.7 Å². The van der Waals surface area contributed by atoms with Crippen molar-refractivity contribution in [2.45, 2.75) is 44.7 Å². The van der Waals surface area contributed by atoms with Gasteiger partial charge in [0.15, 0.2) is 0 Å². The molecule has 3 aromatic rings. The van der Waals surface area contributed by atoms with Crippen molar-refractivity contribution in [3.8, 4) is 0 Å². The van der Waals surface area contributed by atoms with Crippen molar-refractivity contribution in [1.29, 1.82) is 0 Å². The van der Waals surface area contributed by atoms with Gasteiger partial charge >= 0.3 is 0 Å². The zero-order chi connectivity index (χ0) is 25.1. The van der Waals surface area contributed by atoms with Crippen LogP contribution in [0.3, 0.4) is 0 Å². The van der Waals surface area contributed by atoms with Gasteiger partial charge in [-0.2, -0.15) is 0 Å². The fourth-order valence-electron chi connectivity index (χ4n) is 5.18. The lowest BCUT2D eigenvalue weighted by Crippen LogP contribution is -2.32. The first-order valence-electron chi connectivity index (χ1n) is 12.5. The minimum atomic E-state index is -0.445. The van der Waals surface area contributed by atoms with Crippen molar-refractivity contribution < 1.29 is 9.72 Å². The molecule has 184 valence electrons. The first-order valence-corrected chi connectivity index (χ1v) is 12.5. The Morgan fingerprint density at radius 3 is 2.44 bits per heavy atom. The zero-order valence-electron chi connectivity index (χ0n) is 20.4. The normalized spacial score (nSPS) is 17.0. The molecule has 2 aliphatic rings. The molecule has 1 saturated carbocycles. The summed E-state index contributed by atoms with van der Waals surface area (Å²) in [5.74, 6) is -0.289. The number of carbonyl (C=O) groups excluding carboxylic acids is 1. The molecule has 2 N–H and O–H groups in total. The maximum Gasteiger partial charge on any atom is 0.270 e. The summed E-state index contributed by atoms with van der Waals surface area (Å²) in [6, 6.07) is 22.9. The highest BCUT2D eigenvalue weighted by atomic mass is 16.6. The number of nitro groups is 1. The van der Waals surface area contributed by atoms with Crippen LogP contribution in [-0.4, -0.2) is 28.8 Å². The average molecular weight is 483 g/mol. The minimum Gasteiger partial charge on any atom is -0.354 e. The van der Waals surface area contributed by atoms with E-state index in [0.29, 0.717) is 28.6 Å². The number of fused-ring (bicyclic) bond motifs is 1. The van der Waals surface area contributed by atoms with Gasteiger partial charge in [-0.15, -0.1) is 0 Å². The minimum absolute atomic E-state index is 0.0541. The van der Waals surface area contributed by atoms with Crippen LogP contribution >= 0.6 is 0 Å². The average Bonchev–Trinajstić information content (AvgIpc) is 3.24. The summed E-state index contributed by atoms with van der Waals surface area (Å²) >= 11 is 0. The van der Waals surface area contributed by atoms with Crippen molar-refractivity contribution in [1.82, 2.24) is 4.90 Å². The lowest BCUT2D eigenvalue weighted by molar-refractivity contribution is -0.384. The summed E-state index contributed by atoms with van der Waals surface area (Å²) in [6.07, 6.45) is 6.51. The van der Waals surface area contributed by atoms with E-state index in [1.165, 1.54) is 49.8 Å². The molecule has 1 amide bonds. The van der Waals surface area contributed by atoms with Gasteiger partial charge < -0.3 is 10.6 Å². The number of carbonyl (C=O) groups is 1. The summed E-state index contributed by atoms with van der Waals surface area (Å²) in [4.78, 5) is 26.5. The molecule has 1 heterocycles. The Morgan fingerprint density at radius 1 is 1.03 bits per heavy atom. The predicted molar refractivity (Wildman–Crippen MR) is 143 cm³/mol. The molecule has 3 aromatic carbocycles. The second-order valence-corrected chi connectivity index (χ2v) is 9.59. The quantitative estimate of drug-likeness (QED) is 0.235. The second kappa shape index (κ2) is 10.3. The third kappa shape index (κ3) is 5.02. The number of nitro benzene ring substituents is 1. The number of amides is 1. The van der Waals surface area contributed by atoms with Gasteiger partial charge in [0.2, 0.25) is 0 Å². The van der Waals surface area contributed by atoms with E-state index in [2.05, 4.69) is 34.7 Å². The molecule has 0 spiro atoms. The Bertz CT molecular complexity index is 1300. The maximum atomic E-state index is 13.1. The molecule has 0 atom stereocenters. The van der Waals surface area contributed by atoms with E-state index >= 15 is 0 Å². The fourth-order valence-corrected chi connectivity index (χ4v) is 5.18. The molecular formula is C29H30N4O3. The van der Waals surface area contributed by atoms with Crippen LogP contribution in [-0.2, 0) is 11.3 Å². The smallest absolute Gasteiger partial charge is 0.270 e. The number of nitrogens with zero attached hydrogens (tertiary/aromatic N) is 2. The summed E-state index contributed by atoms with van der Waals surface area (Å²) in [5.41, 5.74) is 4.94. The van der Waals surface area contributed by atoms with Crippen molar-refractivity contribution >= 4 is 34.2 Å². The molecule has 1 fully saturated rings. The number of non-ortho nitro benzene ring substituents is 1. The first-order chi connectivity index (χ1) is 17.5. The standard InChI is InChI=1S/C29H30N4O3/c1-32(23-10-6-3-7-11-23)19-20-12-14-22(15-13-20)30-28(21-8-4-2-5-9-21)27-25-18-24(33(35)36)16-17-26(25)31-29(27)34/h2,4-5,8-9,12-18,23,30H,3,6-7,10-11,19H2,1H3,(H,31,34). The first kappa shape index (κ1) is 23.8. The maximum absolute atomic E-state index is 13.1. The SMILES string of the molecule is CN(Cc1ccc(NC(=C2C(=O)Nc3ccc([N+](=O)[O-])cc32)c2ccccc2)cc1)C1CCCCC1. The highest BCUT2D eigenvalue weighted by molar-refractivity contribution is 6.37. The molecule has 5 rings (SSSR count). The Hall–Kier alpha value is -3.97. The van der Waals surface area contributed by atoms with Gasteiger partial charge in [0.1, 0.15) is 0 Å². The number of nitrogens with one attached hydrogen (secondary N) is 2. The van der Waals surface area contributed by atoms with E-state index < -0.39 is 4.92 Å². The fraction of sp³-hybridized carbons (Fsp3) is 0.276. The Labute approximate surface area is 211 Å². The van der Waals surface area contributed by atoms with Crippen LogP contribution in [0.15, 0.2) is 72.8 Å². The molecule has 7 heteroatoms. The van der Waals surface area contributed by atoms with E-state index in [0.717, 1.165) is 17.8 Å². The molecule has 0 aromatic heterocycles. The van der Waals surface area contributed by atoms with Gasteiger partial charge in [0, 0.05) is 41.7 Å². The molecule has 36 heavy (non-hydrogen) atoms. The molecule has 1 aliphatic carbocycles. The predicted octanol–water partition coefficient (Wildman–Crippen LogP) is 6.29. The molecule has 0 radical (unpaired) electrons. The van der Waals surface area contributed by atoms with E-state index in [1.807, 2.05) is 42.5 Å². The summed E-state index contributed by atoms with van der Waals surface area (Å²) in [6.45, 7) is 0.900. The van der Waals surface area contributed by atoms with Crippen LogP contribution < -0.4 is 10.6 Å². The monoisotopic (exact) mass is 482 g/mol. The molecule has 1 aliphatic heterocycles. The van der Waals surface area contributed by atoms with Gasteiger partial charge in [-0.3, -0.25) is 19.8 Å². The van der Waals surface area contributed by atoms with Gasteiger partial charge in [-0.1, -0.05) is 61.7 Å². The van der Waals surface area contributed by atoms with Crippen LogP contribution in [0.1, 0.15) is 48.8 Å². The molecule has 0 bridgehead atoms. The van der Waals surface area contributed by atoms with E-state index in [9.17, 15) is 14.9 Å². The van der Waals surface area contributed by atoms with E-state index in [4.69, 9.17) is 0 Å². The van der Waals surface area contributed by atoms with Crippen LogP contribution in [0.4, 0.5) is 17.1 Å². The highest BCUT2D eigenvalue weighted by Gasteiger charge is 2.30. The van der Waals surface area contributed by atoms with Gasteiger partial charge in [-0.25, -0.2) is 0 Å². The zero-order valence-corrected chi connectivity index (χ0v) is 20.4. The number of benzene rings is 3. The molecular weight excluding hydrogens is 452 g/mol. The molecule has 0 saturated heterocycles. The van der Waals surface area contributed by atoms with Crippen LogP contribution in [0, 0.1) is 10.1 Å². The largest absolute Gasteiger partial charge is 0.354 e. The number of hydrogen-bond donors (Lipinski definition) is 2. The lowest BCUT2D eigenvalue weighted by Gasteiger charge is -2.31. The Kier molecular flexibility index (Phi) is 6.82. The van der Waals surface area contributed by atoms with Crippen molar-refractivity contribution in [3.05, 3.63) is 99.6 Å². The molecule has 7 nitrogen and oxygen atoms in total. The van der Waals surface area contributed by atoms with E-state index in [-0.39, 0.29) is 11.6 Å². The third-order valence-corrected chi connectivity index (χ3v) is 7.12. The Morgan fingerprint density at radius 2 is 1.75 bits per heavy atom. The number of anilines is 2. The van der Waals surface area contributed by atoms with Crippen molar-refractivity contribution in [3.63, 3.8) is 0 Å². The van der Waals surface area contributed by atoms with Gasteiger partial charge in [0.05, 0.1) is 16.2 Å². The summed E-state index contributed by atoms with van der Waals surface area (Å²) in [7, 11) is 2.20. The Balaban J connectivity index is 1.45. The van der Waals surface area contributed by atoms with Crippen molar-refractivity contribution in [2.24, 2.45) is 0 Å². The van der Waals surface area contributed by atoms with Crippen LogP contribution in [0.2, 0.25) is 0 Å². The van der Waals surface area contributed by atoms with E-state index in [1.54, 1.807) is 6.07 Å². The highest BCUT2D eigenvalue weighted by Crippen LogP contribution is 2.39. The van der Waals surface area contributed by atoms with Crippen LogP contribution in [0.5, 0.6) is 0 Å². The third-order valence-electron chi connectivity index (χ3n) is 7.12. The molecule has 0 unspecified atom stereocenters. The number of rotatable bonds is 7. The van der Waals surface area contributed by atoms with Crippen LogP contribution in [0.25, 0.3) is 11.3 Å². The number of hydrogen-bond acceptors (Lipinski definition) is 5.